The van der Waals surface area contributed by atoms with Gasteiger partial charge in [-0.05, 0) is 30.3 Å². The lowest BCUT2D eigenvalue weighted by molar-refractivity contribution is 0.0888. The minimum absolute atomic E-state index is 0.0138. The number of carbonyl (C=O) groups excluding carboxylic acids is 2. The van der Waals surface area contributed by atoms with Gasteiger partial charge in [0.05, 0.1) is 16.1 Å². The summed E-state index contributed by atoms with van der Waals surface area (Å²) in [5.74, 6) is -2.05. The Bertz CT molecular complexity index is 1170. The third-order valence-corrected chi connectivity index (χ3v) is 5.11. The Kier molecular flexibility index (Phi) is 3.31. The molecular weight excluding hydrogens is 342 g/mol. The van der Waals surface area contributed by atoms with Crippen molar-refractivity contribution in [3.63, 3.8) is 0 Å². The predicted molar refractivity (Wildman–Crippen MR) is 89.4 cm³/mol. The SMILES string of the molecule is O=C1c2ccc(S(=O)(=O)O)cc2C(=O)C1c1ccc2ccccc2n1. The molecule has 6 nitrogen and oxygen atoms in total. The number of fused-ring (bicyclic) bond motifs is 2. The van der Waals surface area contributed by atoms with Gasteiger partial charge in [0.25, 0.3) is 10.1 Å². The first-order valence-electron chi connectivity index (χ1n) is 7.42. The average molecular weight is 353 g/mol. The number of pyridine rings is 1. The summed E-state index contributed by atoms with van der Waals surface area (Å²) < 4.78 is 31.7. The molecule has 0 aliphatic heterocycles. The van der Waals surface area contributed by atoms with Crippen molar-refractivity contribution < 1.29 is 22.6 Å². The molecule has 25 heavy (non-hydrogen) atoms. The van der Waals surface area contributed by atoms with E-state index in [2.05, 4.69) is 4.98 Å². The van der Waals surface area contributed by atoms with Gasteiger partial charge in [0.15, 0.2) is 11.6 Å². The second-order valence-corrected chi connectivity index (χ2v) is 7.19. The fraction of sp³-hybridized carbons (Fsp3) is 0.0556. The van der Waals surface area contributed by atoms with Crippen LogP contribution in [-0.4, -0.2) is 29.5 Å². The van der Waals surface area contributed by atoms with Crippen molar-refractivity contribution in [3.05, 3.63) is 71.4 Å². The minimum atomic E-state index is -4.46. The molecule has 1 aliphatic carbocycles. The number of benzene rings is 2. The van der Waals surface area contributed by atoms with Crippen LogP contribution in [0.2, 0.25) is 0 Å². The summed E-state index contributed by atoms with van der Waals surface area (Å²) in [7, 11) is -4.46. The van der Waals surface area contributed by atoms with Crippen LogP contribution in [0.25, 0.3) is 10.9 Å². The molecule has 1 aliphatic rings. The van der Waals surface area contributed by atoms with Gasteiger partial charge in [-0.1, -0.05) is 24.3 Å². The minimum Gasteiger partial charge on any atom is -0.293 e. The van der Waals surface area contributed by atoms with Crippen LogP contribution in [0.15, 0.2) is 59.5 Å². The molecule has 0 saturated heterocycles. The van der Waals surface area contributed by atoms with Crippen molar-refractivity contribution in [3.8, 4) is 0 Å². The molecule has 1 heterocycles. The Morgan fingerprint density at radius 3 is 2.36 bits per heavy atom. The summed E-state index contributed by atoms with van der Waals surface area (Å²) in [4.78, 5) is 29.3. The van der Waals surface area contributed by atoms with E-state index in [1.807, 2.05) is 18.2 Å². The van der Waals surface area contributed by atoms with Gasteiger partial charge < -0.3 is 0 Å². The number of para-hydroxylation sites is 1. The van der Waals surface area contributed by atoms with E-state index in [1.54, 1.807) is 18.2 Å². The summed E-state index contributed by atoms with van der Waals surface area (Å²) in [5, 5.41) is 0.885. The number of rotatable bonds is 2. The van der Waals surface area contributed by atoms with Gasteiger partial charge in [-0.3, -0.25) is 19.1 Å². The summed E-state index contributed by atoms with van der Waals surface area (Å²) in [6.45, 7) is 0. The molecule has 4 rings (SSSR count). The van der Waals surface area contributed by atoms with Gasteiger partial charge in [-0.15, -0.1) is 0 Å². The zero-order chi connectivity index (χ0) is 17.8. The van der Waals surface area contributed by atoms with Crippen LogP contribution in [0.5, 0.6) is 0 Å². The number of carbonyl (C=O) groups is 2. The largest absolute Gasteiger partial charge is 0.294 e. The van der Waals surface area contributed by atoms with E-state index in [4.69, 9.17) is 4.55 Å². The Morgan fingerprint density at radius 2 is 1.60 bits per heavy atom. The van der Waals surface area contributed by atoms with E-state index in [9.17, 15) is 18.0 Å². The standard InChI is InChI=1S/C18H11NO5S/c20-17-12-7-6-11(25(22,23)24)9-13(12)18(21)16(17)15-8-5-10-3-1-2-4-14(10)19-15/h1-9,16H,(H,22,23,24). The molecule has 1 aromatic heterocycles. The molecular formula is C18H11NO5S. The zero-order valence-corrected chi connectivity index (χ0v) is 13.5. The maximum absolute atomic E-state index is 12.7. The molecule has 1 unspecified atom stereocenters. The number of ketones is 2. The molecule has 2 aromatic carbocycles. The summed E-state index contributed by atoms with van der Waals surface area (Å²) >= 11 is 0. The maximum Gasteiger partial charge on any atom is 0.294 e. The quantitative estimate of drug-likeness (QED) is 0.561. The van der Waals surface area contributed by atoms with Crippen LogP contribution in [0.1, 0.15) is 32.3 Å². The van der Waals surface area contributed by atoms with Crippen molar-refractivity contribution in [2.24, 2.45) is 0 Å². The van der Waals surface area contributed by atoms with Gasteiger partial charge in [-0.25, -0.2) is 0 Å². The Hall–Kier alpha value is -2.90. The van der Waals surface area contributed by atoms with E-state index in [0.29, 0.717) is 11.2 Å². The van der Waals surface area contributed by atoms with Gasteiger partial charge >= 0.3 is 0 Å². The molecule has 0 saturated carbocycles. The third kappa shape index (κ3) is 2.45. The number of hydrogen-bond acceptors (Lipinski definition) is 5. The molecule has 124 valence electrons. The normalized spacial score (nSPS) is 17.1. The highest BCUT2D eigenvalue weighted by molar-refractivity contribution is 7.85. The monoisotopic (exact) mass is 353 g/mol. The number of nitrogens with zero attached hydrogens (tertiary/aromatic N) is 1. The third-order valence-electron chi connectivity index (χ3n) is 4.26. The molecule has 3 aromatic rings. The van der Waals surface area contributed by atoms with Crippen LogP contribution >= 0.6 is 0 Å². The van der Waals surface area contributed by atoms with Crippen LogP contribution in [0.4, 0.5) is 0 Å². The van der Waals surface area contributed by atoms with Crippen LogP contribution < -0.4 is 0 Å². The number of Topliss-reactive ketones (excluding diaryl/α,β-unsaturated/α-hetero) is 2. The molecule has 7 heteroatoms. The summed E-state index contributed by atoms with van der Waals surface area (Å²) in [6, 6.07) is 14.1. The molecule has 0 fully saturated rings. The maximum atomic E-state index is 12.7. The van der Waals surface area contributed by atoms with Gasteiger partial charge in [0.2, 0.25) is 0 Å². The second kappa shape index (κ2) is 5.30. The van der Waals surface area contributed by atoms with Crippen LogP contribution in [0, 0.1) is 0 Å². The molecule has 1 N–H and O–H groups in total. The average Bonchev–Trinajstić information content (AvgIpc) is 2.84. The highest BCUT2D eigenvalue weighted by Crippen LogP contribution is 2.35. The molecule has 0 bridgehead atoms. The Labute approximate surface area is 142 Å². The lowest BCUT2D eigenvalue weighted by atomic mass is 9.98. The summed E-state index contributed by atoms with van der Waals surface area (Å²) in [6.07, 6.45) is 0. The van der Waals surface area contributed by atoms with Gasteiger partial charge in [0, 0.05) is 16.5 Å². The zero-order valence-electron chi connectivity index (χ0n) is 12.7. The molecule has 0 amide bonds. The lowest BCUT2D eigenvalue weighted by Gasteiger charge is -2.07. The van der Waals surface area contributed by atoms with Crippen molar-refractivity contribution in [2.45, 2.75) is 10.8 Å². The Morgan fingerprint density at radius 1 is 0.880 bits per heavy atom. The highest BCUT2D eigenvalue weighted by Gasteiger charge is 2.41. The fourth-order valence-electron chi connectivity index (χ4n) is 3.04. The highest BCUT2D eigenvalue weighted by atomic mass is 32.2. The molecule has 0 spiro atoms. The number of hydrogen-bond donors (Lipinski definition) is 1. The van der Waals surface area contributed by atoms with Gasteiger partial charge in [-0.2, -0.15) is 8.42 Å². The number of aromatic nitrogens is 1. The molecule has 0 radical (unpaired) electrons. The van der Waals surface area contributed by atoms with Crippen LogP contribution in [0.3, 0.4) is 0 Å². The van der Waals surface area contributed by atoms with Crippen molar-refractivity contribution in [2.75, 3.05) is 0 Å². The second-order valence-electron chi connectivity index (χ2n) is 5.77. The predicted octanol–water partition coefficient (Wildman–Crippen LogP) is 2.64. The van der Waals surface area contributed by atoms with E-state index >= 15 is 0 Å². The van der Waals surface area contributed by atoms with Crippen molar-refractivity contribution in [1.29, 1.82) is 0 Å². The van der Waals surface area contributed by atoms with Crippen LogP contribution in [-0.2, 0) is 10.1 Å². The Balaban J connectivity index is 1.84. The molecule has 1 atom stereocenters. The van der Waals surface area contributed by atoms with E-state index in [0.717, 1.165) is 17.5 Å². The first-order valence-corrected chi connectivity index (χ1v) is 8.86. The van der Waals surface area contributed by atoms with E-state index in [-0.39, 0.29) is 11.1 Å². The first kappa shape index (κ1) is 15.6. The van der Waals surface area contributed by atoms with E-state index < -0.39 is 32.5 Å². The van der Waals surface area contributed by atoms with E-state index in [1.165, 1.54) is 6.07 Å². The fourth-order valence-corrected chi connectivity index (χ4v) is 3.55. The topological polar surface area (TPSA) is 101 Å². The smallest absolute Gasteiger partial charge is 0.293 e. The van der Waals surface area contributed by atoms with Crippen molar-refractivity contribution in [1.82, 2.24) is 4.98 Å². The summed E-state index contributed by atoms with van der Waals surface area (Å²) in [5.41, 5.74) is 1.10. The van der Waals surface area contributed by atoms with Gasteiger partial charge in [0.1, 0.15) is 5.92 Å². The van der Waals surface area contributed by atoms with Crippen molar-refractivity contribution >= 4 is 32.6 Å². The lowest BCUT2D eigenvalue weighted by Crippen LogP contribution is -2.14. The first-order chi connectivity index (χ1) is 11.9.